The maximum atomic E-state index is 12.1. The summed E-state index contributed by atoms with van der Waals surface area (Å²) in [5.74, 6) is 0.442. The van der Waals surface area contributed by atoms with Crippen LogP contribution in [0.5, 0.6) is 5.88 Å². The monoisotopic (exact) mass is 250 g/mol. The Labute approximate surface area is 107 Å². The average Bonchev–Trinajstić information content (AvgIpc) is 2.40. The molecule has 0 aliphatic carbocycles. The molecule has 2 atom stereocenters. The highest BCUT2D eigenvalue weighted by atomic mass is 16.5. The molecule has 98 valence electrons. The van der Waals surface area contributed by atoms with E-state index >= 15 is 0 Å². The van der Waals surface area contributed by atoms with Crippen LogP contribution in [0.25, 0.3) is 0 Å². The van der Waals surface area contributed by atoms with Crippen molar-refractivity contribution in [2.24, 2.45) is 5.92 Å². The molecule has 0 spiro atoms. The fraction of sp³-hybridized carbons (Fsp3) is 0.538. The molecule has 2 unspecified atom stereocenters. The minimum atomic E-state index is -0.0825. The number of hydrogen-bond acceptors (Lipinski definition) is 4. The second kappa shape index (κ2) is 5.82. The molecular weight excluding hydrogens is 232 g/mol. The Balaban J connectivity index is 1.97. The second-order valence-corrected chi connectivity index (χ2v) is 4.40. The Bertz CT molecular complexity index is 405. The fourth-order valence-corrected chi connectivity index (χ4v) is 2.08. The molecule has 1 N–H and O–H groups in total. The van der Waals surface area contributed by atoms with Gasteiger partial charge in [-0.25, -0.2) is 4.98 Å². The molecule has 1 amide bonds. The van der Waals surface area contributed by atoms with E-state index in [2.05, 4.69) is 10.3 Å². The van der Waals surface area contributed by atoms with Gasteiger partial charge in [0.2, 0.25) is 11.8 Å². The van der Waals surface area contributed by atoms with Crippen molar-refractivity contribution in [3.05, 3.63) is 18.3 Å². The summed E-state index contributed by atoms with van der Waals surface area (Å²) in [7, 11) is 1.56. The van der Waals surface area contributed by atoms with Crippen molar-refractivity contribution in [3.8, 4) is 5.88 Å². The van der Waals surface area contributed by atoms with E-state index in [9.17, 15) is 4.79 Å². The Morgan fingerprint density at radius 2 is 2.39 bits per heavy atom. The molecule has 5 heteroatoms. The highest BCUT2D eigenvalue weighted by molar-refractivity contribution is 5.92. The summed E-state index contributed by atoms with van der Waals surface area (Å²) < 4.78 is 10.5. The molecule has 0 radical (unpaired) electrons. The molecule has 1 saturated heterocycles. The van der Waals surface area contributed by atoms with Crippen molar-refractivity contribution >= 4 is 11.6 Å². The number of rotatable bonds is 3. The molecule has 1 fully saturated rings. The summed E-state index contributed by atoms with van der Waals surface area (Å²) in [6.45, 7) is 2.69. The van der Waals surface area contributed by atoms with Crippen LogP contribution in [0.3, 0.4) is 0 Å². The van der Waals surface area contributed by atoms with Crippen molar-refractivity contribution in [1.29, 1.82) is 0 Å². The quantitative estimate of drug-likeness (QED) is 0.889. The Morgan fingerprint density at radius 1 is 1.56 bits per heavy atom. The molecule has 18 heavy (non-hydrogen) atoms. The number of amides is 1. The van der Waals surface area contributed by atoms with Gasteiger partial charge in [0.1, 0.15) is 0 Å². The molecule has 1 aliphatic heterocycles. The van der Waals surface area contributed by atoms with E-state index in [-0.39, 0.29) is 17.9 Å². The van der Waals surface area contributed by atoms with Crippen LogP contribution >= 0.6 is 0 Å². The van der Waals surface area contributed by atoms with Crippen molar-refractivity contribution in [1.82, 2.24) is 4.98 Å². The van der Waals surface area contributed by atoms with Crippen molar-refractivity contribution in [2.45, 2.75) is 25.9 Å². The van der Waals surface area contributed by atoms with Gasteiger partial charge in [0.15, 0.2) is 0 Å². The first-order chi connectivity index (χ1) is 8.70. The van der Waals surface area contributed by atoms with E-state index in [0.29, 0.717) is 11.6 Å². The molecule has 1 aliphatic rings. The van der Waals surface area contributed by atoms with Crippen LogP contribution in [0.15, 0.2) is 18.3 Å². The van der Waals surface area contributed by atoms with Crippen molar-refractivity contribution < 1.29 is 14.3 Å². The van der Waals surface area contributed by atoms with Gasteiger partial charge in [-0.1, -0.05) is 0 Å². The van der Waals surface area contributed by atoms with Crippen LogP contribution in [0.2, 0.25) is 0 Å². The first-order valence-corrected chi connectivity index (χ1v) is 6.13. The Hall–Kier alpha value is -1.62. The average molecular weight is 250 g/mol. The van der Waals surface area contributed by atoms with Crippen LogP contribution in [0, 0.1) is 5.92 Å². The van der Waals surface area contributed by atoms with E-state index in [4.69, 9.17) is 9.47 Å². The van der Waals surface area contributed by atoms with Gasteiger partial charge in [0.05, 0.1) is 31.0 Å². The maximum absolute atomic E-state index is 12.1. The minimum absolute atomic E-state index is 0.00540. The first kappa shape index (κ1) is 12.8. The standard InChI is InChI=1S/C13H18N2O3/c1-9-11(4-3-7-18-9)13(16)15-10-5-6-12(17-2)14-8-10/h5-6,8-9,11H,3-4,7H2,1-2H3,(H,15,16). The van der Waals surface area contributed by atoms with E-state index < -0.39 is 0 Å². The molecule has 0 bridgehead atoms. The maximum Gasteiger partial charge on any atom is 0.230 e. The molecule has 2 rings (SSSR count). The summed E-state index contributed by atoms with van der Waals surface area (Å²) in [4.78, 5) is 16.1. The number of nitrogens with one attached hydrogen (secondary N) is 1. The molecule has 2 heterocycles. The highest BCUT2D eigenvalue weighted by Gasteiger charge is 2.28. The summed E-state index contributed by atoms with van der Waals surface area (Å²) in [5, 5.41) is 2.86. The zero-order chi connectivity index (χ0) is 13.0. The van der Waals surface area contributed by atoms with Crippen LogP contribution < -0.4 is 10.1 Å². The predicted octanol–water partition coefficient (Wildman–Crippen LogP) is 1.84. The Kier molecular flexibility index (Phi) is 4.15. The third-order valence-electron chi connectivity index (χ3n) is 3.16. The lowest BCUT2D eigenvalue weighted by atomic mass is 9.94. The third-order valence-corrected chi connectivity index (χ3v) is 3.16. The lowest BCUT2D eigenvalue weighted by molar-refractivity contribution is -0.127. The smallest absolute Gasteiger partial charge is 0.230 e. The van der Waals surface area contributed by atoms with Crippen LogP contribution in [0.4, 0.5) is 5.69 Å². The number of pyridine rings is 1. The zero-order valence-electron chi connectivity index (χ0n) is 10.7. The number of carbonyl (C=O) groups excluding carboxylic acids is 1. The van der Waals surface area contributed by atoms with E-state index in [1.54, 1.807) is 25.4 Å². The van der Waals surface area contributed by atoms with Crippen LogP contribution in [0.1, 0.15) is 19.8 Å². The van der Waals surface area contributed by atoms with Gasteiger partial charge in [0, 0.05) is 12.7 Å². The first-order valence-electron chi connectivity index (χ1n) is 6.13. The number of nitrogens with zero attached hydrogens (tertiary/aromatic N) is 1. The summed E-state index contributed by atoms with van der Waals surface area (Å²) >= 11 is 0. The number of methoxy groups -OCH3 is 1. The van der Waals surface area contributed by atoms with Gasteiger partial charge in [-0.2, -0.15) is 0 Å². The summed E-state index contributed by atoms with van der Waals surface area (Å²) in [6, 6.07) is 3.49. The van der Waals surface area contributed by atoms with Crippen molar-refractivity contribution in [3.63, 3.8) is 0 Å². The number of anilines is 1. The lowest BCUT2D eigenvalue weighted by Gasteiger charge is -2.27. The summed E-state index contributed by atoms with van der Waals surface area (Å²) in [6.07, 6.45) is 3.37. The fourth-order valence-electron chi connectivity index (χ4n) is 2.08. The minimum Gasteiger partial charge on any atom is -0.481 e. The molecule has 0 aromatic carbocycles. The summed E-state index contributed by atoms with van der Waals surface area (Å²) in [5.41, 5.74) is 0.679. The zero-order valence-corrected chi connectivity index (χ0v) is 10.7. The van der Waals surface area contributed by atoms with Crippen LogP contribution in [-0.2, 0) is 9.53 Å². The van der Waals surface area contributed by atoms with Gasteiger partial charge in [-0.05, 0) is 25.8 Å². The molecule has 5 nitrogen and oxygen atoms in total. The van der Waals surface area contributed by atoms with Gasteiger partial charge in [-0.15, -0.1) is 0 Å². The highest BCUT2D eigenvalue weighted by Crippen LogP contribution is 2.22. The van der Waals surface area contributed by atoms with Gasteiger partial charge in [-0.3, -0.25) is 4.79 Å². The third kappa shape index (κ3) is 2.98. The van der Waals surface area contributed by atoms with E-state index in [1.807, 2.05) is 6.92 Å². The number of ether oxygens (including phenoxy) is 2. The number of carbonyl (C=O) groups is 1. The normalized spacial score (nSPS) is 23.4. The molecule has 0 saturated carbocycles. The SMILES string of the molecule is COc1ccc(NC(=O)C2CCCOC2C)cn1. The van der Waals surface area contributed by atoms with Crippen LogP contribution in [-0.4, -0.2) is 30.7 Å². The second-order valence-electron chi connectivity index (χ2n) is 4.40. The number of hydrogen-bond donors (Lipinski definition) is 1. The topological polar surface area (TPSA) is 60.5 Å². The van der Waals surface area contributed by atoms with E-state index in [0.717, 1.165) is 19.4 Å². The molecule has 1 aromatic rings. The van der Waals surface area contributed by atoms with Crippen molar-refractivity contribution in [2.75, 3.05) is 19.0 Å². The van der Waals surface area contributed by atoms with Gasteiger partial charge < -0.3 is 14.8 Å². The lowest BCUT2D eigenvalue weighted by Crippen LogP contribution is -2.36. The van der Waals surface area contributed by atoms with E-state index in [1.165, 1.54) is 0 Å². The van der Waals surface area contributed by atoms with Gasteiger partial charge >= 0.3 is 0 Å². The molecular formula is C13H18N2O3. The molecule has 1 aromatic heterocycles. The van der Waals surface area contributed by atoms with Gasteiger partial charge in [0.25, 0.3) is 0 Å². The Morgan fingerprint density at radius 3 is 3.00 bits per heavy atom. The largest absolute Gasteiger partial charge is 0.481 e. The number of aromatic nitrogens is 1. The predicted molar refractivity (Wildman–Crippen MR) is 67.6 cm³/mol.